The molecule has 0 aromatic rings. The fourth-order valence-corrected chi connectivity index (χ4v) is 2.57. The molecule has 2 fully saturated rings. The SMILES string of the molecule is CCC[C@@H](NC(=O)N1CC2CCC(C1)O2)C(=O)O. The Morgan fingerprint density at radius 3 is 2.50 bits per heavy atom. The number of nitrogens with zero attached hydrogens (tertiary/aromatic N) is 1. The highest BCUT2D eigenvalue weighted by Gasteiger charge is 2.36. The zero-order valence-corrected chi connectivity index (χ0v) is 10.6. The van der Waals surface area contributed by atoms with E-state index in [1.54, 1.807) is 4.90 Å². The van der Waals surface area contributed by atoms with E-state index in [0.29, 0.717) is 19.5 Å². The second-order valence-electron chi connectivity index (χ2n) is 4.99. The maximum Gasteiger partial charge on any atom is 0.326 e. The normalized spacial score (nSPS) is 27.9. The van der Waals surface area contributed by atoms with Crippen molar-refractivity contribution in [1.82, 2.24) is 10.2 Å². The molecule has 0 aliphatic carbocycles. The Labute approximate surface area is 106 Å². The summed E-state index contributed by atoms with van der Waals surface area (Å²) >= 11 is 0. The average Bonchev–Trinajstić information content (AvgIpc) is 2.67. The van der Waals surface area contributed by atoms with E-state index in [1.807, 2.05) is 6.92 Å². The number of hydrogen-bond acceptors (Lipinski definition) is 3. The van der Waals surface area contributed by atoms with E-state index in [1.165, 1.54) is 0 Å². The van der Waals surface area contributed by atoms with E-state index in [-0.39, 0.29) is 18.2 Å². The smallest absolute Gasteiger partial charge is 0.326 e. The lowest BCUT2D eigenvalue weighted by Gasteiger charge is -2.32. The largest absolute Gasteiger partial charge is 0.480 e. The third kappa shape index (κ3) is 2.93. The summed E-state index contributed by atoms with van der Waals surface area (Å²) in [5, 5.41) is 11.6. The van der Waals surface area contributed by atoms with Crippen LogP contribution in [0.15, 0.2) is 0 Å². The molecule has 0 saturated carbocycles. The minimum absolute atomic E-state index is 0.129. The van der Waals surface area contributed by atoms with E-state index >= 15 is 0 Å². The van der Waals surface area contributed by atoms with E-state index in [4.69, 9.17) is 9.84 Å². The van der Waals surface area contributed by atoms with Gasteiger partial charge in [-0.25, -0.2) is 9.59 Å². The van der Waals surface area contributed by atoms with Crippen molar-refractivity contribution in [3.63, 3.8) is 0 Å². The summed E-state index contributed by atoms with van der Waals surface area (Å²) in [6, 6.07) is -1.07. The molecule has 0 spiro atoms. The number of rotatable bonds is 4. The molecule has 6 nitrogen and oxygen atoms in total. The van der Waals surface area contributed by atoms with Crippen molar-refractivity contribution in [2.45, 2.75) is 50.9 Å². The second-order valence-corrected chi connectivity index (χ2v) is 4.99. The molecule has 0 aromatic heterocycles. The van der Waals surface area contributed by atoms with Crippen molar-refractivity contribution >= 4 is 12.0 Å². The van der Waals surface area contributed by atoms with Crippen LogP contribution >= 0.6 is 0 Å². The Hall–Kier alpha value is -1.30. The highest BCUT2D eigenvalue weighted by molar-refractivity contribution is 5.82. The maximum atomic E-state index is 12.0. The Morgan fingerprint density at radius 2 is 2.00 bits per heavy atom. The first-order valence-electron chi connectivity index (χ1n) is 6.54. The van der Waals surface area contributed by atoms with E-state index < -0.39 is 12.0 Å². The number of fused-ring (bicyclic) bond motifs is 2. The van der Waals surface area contributed by atoms with Crippen molar-refractivity contribution in [3.8, 4) is 0 Å². The third-order valence-electron chi connectivity index (χ3n) is 3.50. The lowest BCUT2D eigenvalue weighted by atomic mass is 10.2. The van der Waals surface area contributed by atoms with Gasteiger partial charge < -0.3 is 20.1 Å². The van der Waals surface area contributed by atoms with Gasteiger partial charge in [-0.2, -0.15) is 0 Å². The van der Waals surface area contributed by atoms with Crippen molar-refractivity contribution < 1.29 is 19.4 Å². The van der Waals surface area contributed by atoms with Gasteiger partial charge in [-0.3, -0.25) is 0 Å². The Kier molecular flexibility index (Phi) is 4.06. The quantitative estimate of drug-likeness (QED) is 0.780. The number of carbonyl (C=O) groups excluding carboxylic acids is 1. The molecule has 2 N–H and O–H groups in total. The molecule has 3 atom stereocenters. The minimum Gasteiger partial charge on any atom is -0.480 e. The fraction of sp³-hybridized carbons (Fsp3) is 0.833. The molecule has 0 radical (unpaired) electrons. The molecule has 18 heavy (non-hydrogen) atoms. The number of amides is 2. The van der Waals surface area contributed by atoms with Gasteiger partial charge in [0.1, 0.15) is 6.04 Å². The zero-order chi connectivity index (χ0) is 13.1. The molecule has 2 saturated heterocycles. The molecule has 2 heterocycles. The van der Waals surface area contributed by atoms with Gasteiger partial charge in [0.05, 0.1) is 12.2 Å². The molecule has 2 aliphatic heterocycles. The third-order valence-corrected chi connectivity index (χ3v) is 3.50. The van der Waals surface area contributed by atoms with Crippen LogP contribution in [0, 0.1) is 0 Å². The van der Waals surface area contributed by atoms with Crippen molar-refractivity contribution in [1.29, 1.82) is 0 Å². The number of morpholine rings is 1. The molecular formula is C12H20N2O4. The zero-order valence-electron chi connectivity index (χ0n) is 10.6. The van der Waals surface area contributed by atoms with Crippen LogP contribution in [0.25, 0.3) is 0 Å². The number of carbonyl (C=O) groups is 2. The summed E-state index contributed by atoms with van der Waals surface area (Å²) in [5.41, 5.74) is 0. The summed E-state index contributed by atoms with van der Waals surface area (Å²) in [6.07, 6.45) is 3.43. The van der Waals surface area contributed by atoms with Gasteiger partial charge >= 0.3 is 12.0 Å². The summed E-state index contributed by atoms with van der Waals surface area (Å²) < 4.78 is 5.64. The van der Waals surface area contributed by atoms with Gasteiger partial charge in [-0.05, 0) is 19.3 Å². The van der Waals surface area contributed by atoms with Crippen LogP contribution in [0.1, 0.15) is 32.6 Å². The number of ether oxygens (including phenoxy) is 1. The molecule has 2 rings (SSSR count). The minimum atomic E-state index is -0.971. The van der Waals surface area contributed by atoms with E-state index in [0.717, 1.165) is 19.3 Å². The van der Waals surface area contributed by atoms with Crippen LogP contribution in [0.2, 0.25) is 0 Å². The van der Waals surface area contributed by atoms with Gasteiger partial charge in [0, 0.05) is 13.1 Å². The maximum absolute atomic E-state index is 12.0. The number of carboxylic acid groups (broad SMARTS) is 1. The fourth-order valence-electron chi connectivity index (χ4n) is 2.57. The number of likely N-dealkylation sites (tertiary alicyclic amines) is 1. The van der Waals surface area contributed by atoms with Gasteiger partial charge in [0.25, 0.3) is 0 Å². The Balaban J connectivity index is 1.88. The number of carboxylic acids is 1. The first kappa shape index (κ1) is 13.1. The van der Waals surface area contributed by atoms with Crippen LogP contribution < -0.4 is 5.32 Å². The molecule has 2 aliphatic rings. The predicted octanol–water partition coefficient (Wildman–Crippen LogP) is 0.812. The van der Waals surface area contributed by atoms with E-state index in [2.05, 4.69) is 5.32 Å². The van der Waals surface area contributed by atoms with Crippen LogP contribution in [0.3, 0.4) is 0 Å². The lowest BCUT2D eigenvalue weighted by molar-refractivity contribution is -0.139. The van der Waals surface area contributed by atoms with Crippen LogP contribution in [0.4, 0.5) is 4.79 Å². The van der Waals surface area contributed by atoms with Crippen LogP contribution in [-0.4, -0.2) is 53.3 Å². The summed E-state index contributed by atoms with van der Waals surface area (Å²) in [7, 11) is 0. The Morgan fingerprint density at radius 1 is 1.39 bits per heavy atom. The molecule has 6 heteroatoms. The first-order valence-corrected chi connectivity index (χ1v) is 6.54. The predicted molar refractivity (Wildman–Crippen MR) is 64.3 cm³/mol. The van der Waals surface area contributed by atoms with Crippen molar-refractivity contribution in [2.24, 2.45) is 0 Å². The molecule has 2 amide bonds. The van der Waals surface area contributed by atoms with Crippen molar-refractivity contribution in [3.05, 3.63) is 0 Å². The van der Waals surface area contributed by atoms with Crippen LogP contribution in [-0.2, 0) is 9.53 Å². The molecule has 2 bridgehead atoms. The summed E-state index contributed by atoms with van der Waals surface area (Å²) in [5.74, 6) is -0.971. The second kappa shape index (κ2) is 5.56. The summed E-state index contributed by atoms with van der Waals surface area (Å²) in [4.78, 5) is 24.7. The Bertz CT molecular complexity index is 322. The average molecular weight is 256 g/mol. The van der Waals surface area contributed by atoms with Gasteiger partial charge in [0.15, 0.2) is 0 Å². The highest BCUT2D eigenvalue weighted by atomic mass is 16.5. The number of hydrogen-bond donors (Lipinski definition) is 2. The molecule has 2 unspecified atom stereocenters. The standard InChI is InChI=1S/C12H20N2O4/c1-2-3-10(11(15)16)13-12(17)14-6-8-4-5-9(7-14)18-8/h8-10H,2-7H2,1H3,(H,13,17)(H,15,16)/t8?,9?,10-/m1/s1. The molecular weight excluding hydrogens is 236 g/mol. The number of aliphatic carboxylic acids is 1. The van der Waals surface area contributed by atoms with Gasteiger partial charge in [-0.1, -0.05) is 13.3 Å². The first-order chi connectivity index (χ1) is 8.60. The van der Waals surface area contributed by atoms with E-state index in [9.17, 15) is 9.59 Å². The highest BCUT2D eigenvalue weighted by Crippen LogP contribution is 2.26. The van der Waals surface area contributed by atoms with Crippen molar-refractivity contribution in [2.75, 3.05) is 13.1 Å². The number of urea groups is 1. The topological polar surface area (TPSA) is 78.9 Å². The molecule has 102 valence electrons. The monoisotopic (exact) mass is 256 g/mol. The van der Waals surface area contributed by atoms with Gasteiger partial charge in [-0.15, -0.1) is 0 Å². The summed E-state index contributed by atoms with van der Waals surface area (Å²) in [6.45, 7) is 3.04. The molecule has 0 aromatic carbocycles. The lowest BCUT2D eigenvalue weighted by Crippen LogP contribution is -2.53. The van der Waals surface area contributed by atoms with Crippen LogP contribution in [0.5, 0.6) is 0 Å². The van der Waals surface area contributed by atoms with Gasteiger partial charge in [0.2, 0.25) is 0 Å². The number of nitrogens with one attached hydrogen (secondary N) is 1.